The zero-order valence-corrected chi connectivity index (χ0v) is 13.6. The molecule has 0 atom stereocenters. The summed E-state index contributed by atoms with van der Waals surface area (Å²) >= 11 is 0. The Hall–Kier alpha value is -1.40. The minimum Gasteiger partial charge on any atom is -0.377 e. The molecule has 118 valence electrons. The smallest absolute Gasteiger partial charge is 0.158 e. The van der Waals surface area contributed by atoms with Crippen molar-refractivity contribution in [3.63, 3.8) is 0 Å². The Bertz CT molecular complexity index is 457. The van der Waals surface area contributed by atoms with Crippen LogP contribution in [0.15, 0.2) is 6.07 Å². The SMILES string of the molecule is CNc1cc(NCC2(N(C)C)CCCC2)nc(COC)n1. The molecule has 21 heavy (non-hydrogen) atoms. The average molecular weight is 293 g/mol. The van der Waals surface area contributed by atoms with Crippen LogP contribution in [0.3, 0.4) is 0 Å². The molecule has 0 bridgehead atoms. The van der Waals surface area contributed by atoms with Crippen molar-refractivity contribution in [3.05, 3.63) is 11.9 Å². The number of aromatic nitrogens is 2. The molecule has 0 spiro atoms. The lowest BCUT2D eigenvalue weighted by Crippen LogP contribution is -2.47. The highest BCUT2D eigenvalue weighted by atomic mass is 16.5. The van der Waals surface area contributed by atoms with Crippen molar-refractivity contribution in [2.24, 2.45) is 0 Å². The van der Waals surface area contributed by atoms with Crippen molar-refractivity contribution in [1.29, 1.82) is 0 Å². The number of hydrogen-bond acceptors (Lipinski definition) is 6. The van der Waals surface area contributed by atoms with Crippen molar-refractivity contribution in [2.45, 2.75) is 37.8 Å². The minimum atomic E-state index is 0.242. The van der Waals surface area contributed by atoms with E-state index in [2.05, 4.69) is 39.6 Å². The highest BCUT2D eigenvalue weighted by Crippen LogP contribution is 2.33. The quantitative estimate of drug-likeness (QED) is 0.801. The fraction of sp³-hybridized carbons (Fsp3) is 0.733. The number of nitrogens with one attached hydrogen (secondary N) is 2. The van der Waals surface area contributed by atoms with Crippen molar-refractivity contribution < 1.29 is 4.74 Å². The van der Waals surface area contributed by atoms with Gasteiger partial charge in [-0.05, 0) is 26.9 Å². The average Bonchev–Trinajstić information content (AvgIpc) is 2.95. The topological polar surface area (TPSA) is 62.3 Å². The summed E-state index contributed by atoms with van der Waals surface area (Å²) in [5.41, 5.74) is 0.242. The van der Waals surface area contributed by atoms with Gasteiger partial charge in [0.25, 0.3) is 0 Å². The minimum absolute atomic E-state index is 0.242. The monoisotopic (exact) mass is 293 g/mol. The predicted molar refractivity (Wildman–Crippen MR) is 85.7 cm³/mol. The first-order valence-corrected chi connectivity index (χ1v) is 7.55. The second kappa shape index (κ2) is 7.04. The maximum absolute atomic E-state index is 5.13. The Balaban J connectivity index is 2.09. The first-order valence-electron chi connectivity index (χ1n) is 7.55. The number of hydrogen-bond donors (Lipinski definition) is 2. The highest BCUT2D eigenvalue weighted by Gasteiger charge is 2.35. The van der Waals surface area contributed by atoms with Crippen LogP contribution in [0, 0.1) is 0 Å². The molecule has 1 fully saturated rings. The molecule has 1 aromatic rings. The Kier molecular flexibility index (Phi) is 5.36. The summed E-state index contributed by atoms with van der Waals surface area (Å²) in [5.74, 6) is 2.36. The molecular formula is C15H27N5O. The molecule has 1 aromatic heterocycles. The summed E-state index contributed by atoms with van der Waals surface area (Å²) in [6, 6.07) is 1.94. The fourth-order valence-electron chi connectivity index (χ4n) is 2.98. The van der Waals surface area contributed by atoms with Crippen molar-refractivity contribution >= 4 is 11.6 Å². The molecule has 1 saturated carbocycles. The number of methoxy groups -OCH3 is 1. The summed E-state index contributed by atoms with van der Waals surface area (Å²) in [6.45, 7) is 1.33. The lowest BCUT2D eigenvalue weighted by atomic mass is 9.96. The maximum Gasteiger partial charge on any atom is 0.158 e. The summed E-state index contributed by atoms with van der Waals surface area (Å²) in [6.07, 6.45) is 5.09. The molecule has 2 N–H and O–H groups in total. The van der Waals surface area contributed by atoms with Gasteiger partial charge < -0.3 is 20.3 Å². The molecule has 1 aliphatic carbocycles. The highest BCUT2D eigenvalue weighted by molar-refractivity contribution is 5.47. The van der Waals surface area contributed by atoms with E-state index in [1.165, 1.54) is 25.7 Å². The van der Waals surface area contributed by atoms with Crippen molar-refractivity contribution in [3.8, 4) is 0 Å². The third-order valence-electron chi connectivity index (χ3n) is 4.38. The van der Waals surface area contributed by atoms with Gasteiger partial charge >= 0.3 is 0 Å². The second-order valence-corrected chi connectivity index (χ2v) is 5.92. The number of anilines is 2. The first-order chi connectivity index (χ1) is 10.1. The molecule has 0 amide bonds. The molecule has 6 nitrogen and oxygen atoms in total. The lowest BCUT2D eigenvalue weighted by Gasteiger charge is -2.36. The van der Waals surface area contributed by atoms with Gasteiger partial charge in [-0.3, -0.25) is 0 Å². The van der Waals surface area contributed by atoms with Crippen molar-refractivity contribution in [1.82, 2.24) is 14.9 Å². The number of likely N-dealkylation sites (N-methyl/N-ethyl adjacent to an activating group) is 1. The van der Waals surface area contributed by atoms with Crippen LogP contribution in [0.4, 0.5) is 11.6 Å². The van der Waals surface area contributed by atoms with E-state index in [0.29, 0.717) is 12.4 Å². The number of rotatable bonds is 7. The summed E-state index contributed by atoms with van der Waals surface area (Å²) in [4.78, 5) is 11.2. The van der Waals surface area contributed by atoms with Gasteiger partial charge in [-0.25, -0.2) is 9.97 Å². The molecule has 0 aliphatic heterocycles. The molecule has 0 unspecified atom stereocenters. The molecule has 0 aromatic carbocycles. The lowest BCUT2D eigenvalue weighted by molar-refractivity contribution is 0.171. The molecule has 0 radical (unpaired) electrons. The summed E-state index contributed by atoms with van der Waals surface area (Å²) < 4.78 is 5.13. The van der Waals surface area contributed by atoms with Crippen molar-refractivity contribution in [2.75, 3.05) is 45.4 Å². The molecule has 0 saturated heterocycles. The van der Waals surface area contributed by atoms with E-state index in [9.17, 15) is 0 Å². The fourth-order valence-corrected chi connectivity index (χ4v) is 2.98. The first kappa shape index (κ1) is 16.0. The molecule has 6 heteroatoms. The maximum atomic E-state index is 5.13. The molecular weight excluding hydrogens is 266 g/mol. The Morgan fingerprint density at radius 2 is 1.90 bits per heavy atom. The Morgan fingerprint density at radius 1 is 1.24 bits per heavy atom. The third kappa shape index (κ3) is 3.83. The Labute approximate surface area is 127 Å². The van der Waals surface area contributed by atoms with Crippen LogP contribution in [-0.4, -0.2) is 55.2 Å². The zero-order valence-electron chi connectivity index (χ0n) is 13.6. The predicted octanol–water partition coefficient (Wildman–Crippen LogP) is 1.95. The largest absolute Gasteiger partial charge is 0.377 e. The van der Waals surface area contributed by atoms with Gasteiger partial charge in [-0.15, -0.1) is 0 Å². The van der Waals surface area contributed by atoms with E-state index in [1.807, 2.05) is 13.1 Å². The van der Waals surface area contributed by atoms with Crippen LogP contribution in [-0.2, 0) is 11.3 Å². The van der Waals surface area contributed by atoms with Gasteiger partial charge in [0.1, 0.15) is 18.2 Å². The van der Waals surface area contributed by atoms with E-state index in [0.717, 1.165) is 18.2 Å². The van der Waals surface area contributed by atoms with Crippen LogP contribution < -0.4 is 10.6 Å². The third-order valence-corrected chi connectivity index (χ3v) is 4.38. The molecule has 2 rings (SSSR count). The van der Waals surface area contributed by atoms with Crippen LogP contribution in [0.5, 0.6) is 0 Å². The summed E-state index contributed by atoms with van der Waals surface area (Å²) in [7, 11) is 7.85. The van der Waals surface area contributed by atoms with Crippen LogP contribution in [0.25, 0.3) is 0 Å². The van der Waals surface area contributed by atoms with Crippen LogP contribution >= 0.6 is 0 Å². The molecule has 1 aliphatic rings. The standard InChI is InChI=1S/C15H27N5O/c1-16-12-9-13(19-14(18-12)10-21-4)17-11-15(20(2)3)7-5-6-8-15/h9H,5-8,10-11H2,1-4H3,(H2,16,17,18,19). The van der Waals surface area contributed by atoms with Crippen LogP contribution in [0.2, 0.25) is 0 Å². The van der Waals surface area contributed by atoms with Gasteiger partial charge in [0, 0.05) is 32.3 Å². The normalized spacial score (nSPS) is 17.2. The van der Waals surface area contributed by atoms with Gasteiger partial charge in [0.05, 0.1) is 0 Å². The molecule has 1 heterocycles. The van der Waals surface area contributed by atoms with E-state index >= 15 is 0 Å². The second-order valence-electron chi connectivity index (χ2n) is 5.92. The van der Waals surface area contributed by atoms with Gasteiger partial charge in [-0.2, -0.15) is 0 Å². The Morgan fingerprint density at radius 3 is 2.48 bits per heavy atom. The van der Waals surface area contributed by atoms with E-state index in [-0.39, 0.29) is 5.54 Å². The van der Waals surface area contributed by atoms with Gasteiger partial charge in [0.15, 0.2) is 5.82 Å². The number of nitrogens with zero attached hydrogens (tertiary/aromatic N) is 3. The van der Waals surface area contributed by atoms with E-state index in [1.54, 1.807) is 7.11 Å². The van der Waals surface area contributed by atoms with E-state index in [4.69, 9.17) is 4.74 Å². The zero-order chi connectivity index (χ0) is 15.3. The summed E-state index contributed by atoms with van der Waals surface area (Å²) in [5, 5.41) is 6.56. The van der Waals surface area contributed by atoms with Gasteiger partial charge in [0.2, 0.25) is 0 Å². The van der Waals surface area contributed by atoms with Crippen LogP contribution in [0.1, 0.15) is 31.5 Å². The van der Waals surface area contributed by atoms with Gasteiger partial charge in [-0.1, -0.05) is 12.8 Å². The number of ether oxygens (including phenoxy) is 1. The van der Waals surface area contributed by atoms with E-state index < -0.39 is 0 Å².